The second-order valence-electron chi connectivity index (χ2n) is 4.95. The molecule has 0 saturated heterocycles. The lowest BCUT2D eigenvalue weighted by Gasteiger charge is -2.13. The van der Waals surface area contributed by atoms with Gasteiger partial charge < -0.3 is 5.32 Å². The molecule has 0 aliphatic carbocycles. The van der Waals surface area contributed by atoms with E-state index in [0.717, 1.165) is 27.4 Å². The van der Waals surface area contributed by atoms with Crippen molar-refractivity contribution in [3.05, 3.63) is 34.0 Å². The normalized spacial score (nSPS) is 12.8. The van der Waals surface area contributed by atoms with Crippen molar-refractivity contribution in [1.29, 1.82) is 0 Å². The number of hydrogen-bond acceptors (Lipinski definition) is 5. The minimum atomic E-state index is 0.220. The first-order valence-corrected chi connectivity index (χ1v) is 7.34. The number of fused-ring (bicyclic) bond motifs is 1. The summed E-state index contributed by atoms with van der Waals surface area (Å²) < 4.78 is 1.81. The number of aryl methyl sites for hydroxylation is 3. The number of aromatic nitrogens is 4. The Morgan fingerprint density at radius 2 is 2.05 bits per heavy atom. The molecular formula is C14H17N5S. The van der Waals surface area contributed by atoms with E-state index in [4.69, 9.17) is 0 Å². The summed E-state index contributed by atoms with van der Waals surface area (Å²) >= 11 is 1.72. The highest BCUT2D eigenvalue weighted by Crippen LogP contribution is 2.26. The van der Waals surface area contributed by atoms with E-state index in [2.05, 4.69) is 33.4 Å². The number of thiazole rings is 1. The van der Waals surface area contributed by atoms with Crippen molar-refractivity contribution in [3.8, 4) is 0 Å². The quantitative estimate of drug-likeness (QED) is 0.803. The van der Waals surface area contributed by atoms with E-state index in [-0.39, 0.29) is 6.04 Å². The number of anilines is 1. The molecule has 3 heterocycles. The van der Waals surface area contributed by atoms with E-state index in [1.807, 2.05) is 38.0 Å². The number of nitrogens with zero attached hydrogens (tertiary/aromatic N) is 4. The second kappa shape index (κ2) is 4.86. The highest BCUT2D eigenvalue weighted by molar-refractivity contribution is 7.11. The second-order valence-corrected chi connectivity index (χ2v) is 6.22. The van der Waals surface area contributed by atoms with E-state index >= 15 is 0 Å². The van der Waals surface area contributed by atoms with Gasteiger partial charge in [0.1, 0.15) is 0 Å². The summed E-state index contributed by atoms with van der Waals surface area (Å²) in [6, 6.07) is 2.33. The molecule has 0 aliphatic rings. The molecule has 1 N–H and O–H groups in total. The molecule has 20 heavy (non-hydrogen) atoms. The van der Waals surface area contributed by atoms with E-state index in [1.165, 1.54) is 4.88 Å². The first-order valence-electron chi connectivity index (χ1n) is 6.53. The summed E-state index contributed by atoms with van der Waals surface area (Å²) in [7, 11) is 1.91. The lowest BCUT2D eigenvalue weighted by molar-refractivity contribution is 0.774. The van der Waals surface area contributed by atoms with Crippen molar-refractivity contribution in [2.24, 2.45) is 7.05 Å². The third kappa shape index (κ3) is 2.27. The van der Waals surface area contributed by atoms with Crippen molar-refractivity contribution in [1.82, 2.24) is 19.7 Å². The first-order chi connectivity index (χ1) is 9.54. The first kappa shape index (κ1) is 13.1. The zero-order chi connectivity index (χ0) is 14.3. The molecule has 5 nitrogen and oxygen atoms in total. The Labute approximate surface area is 121 Å². The zero-order valence-corrected chi connectivity index (χ0v) is 12.8. The van der Waals surface area contributed by atoms with Gasteiger partial charge in [-0.3, -0.25) is 4.68 Å². The van der Waals surface area contributed by atoms with Gasteiger partial charge in [0.2, 0.25) is 0 Å². The average Bonchev–Trinajstić information content (AvgIpc) is 2.95. The Hall–Kier alpha value is -1.95. The molecule has 1 atom stereocenters. The fraction of sp³-hybridized carbons (Fsp3) is 0.357. The Balaban J connectivity index is 1.89. The minimum Gasteiger partial charge on any atom is -0.376 e. The third-order valence-electron chi connectivity index (χ3n) is 3.31. The molecule has 0 bridgehead atoms. The summed E-state index contributed by atoms with van der Waals surface area (Å²) in [5.41, 5.74) is 2.92. The van der Waals surface area contributed by atoms with Crippen molar-refractivity contribution in [2.75, 3.05) is 5.32 Å². The fourth-order valence-electron chi connectivity index (χ4n) is 2.29. The lowest BCUT2D eigenvalue weighted by Crippen LogP contribution is -2.05. The summed E-state index contributed by atoms with van der Waals surface area (Å²) in [4.78, 5) is 10.0. The van der Waals surface area contributed by atoms with Crippen LogP contribution in [0.15, 0.2) is 18.5 Å². The van der Waals surface area contributed by atoms with Gasteiger partial charge in [0.25, 0.3) is 0 Å². The Bertz CT molecular complexity index is 758. The van der Waals surface area contributed by atoms with Crippen molar-refractivity contribution < 1.29 is 0 Å². The van der Waals surface area contributed by atoms with Gasteiger partial charge in [0.05, 0.1) is 28.6 Å². The maximum atomic E-state index is 4.48. The number of hydrogen-bond donors (Lipinski definition) is 1. The minimum absolute atomic E-state index is 0.220. The van der Waals surface area contributed by atoms with Gasteiger partial charge in [0, 0.05) is 23.5 Å². The van der Waals surface area contributed by atoms with Crippen LogP contribution in [0.4, 0.5) is 5.69 Å². The summed E-state index contributed by atoms with van der Waals surface area (Å²) in [6.07, 6.45) is 3.78. The molecule has 0 aliphatic heterocycles. The molecular weight excluding hydrogens is 270 g/mol. The zero-order valence-electron chi connectivity index (χ0n) is 12.0. The van der Waals surface area contributed by atoms with Crippen LogP contribution in [0.25, 0.3) is 11.0 Å². The van der Waals surface area contributed by atoms with Gasteiger partial charge >= 0.3 is 0 Å². The van der Waals surface area contributed by atoms with Gasteiger partial charge in [-0.05, 0) is 26.8 Å². The Morgan fingerprint density at radius 1 is 1.25 bits per heavy atom. The van der Waals surface area contributed by atoms with Crippen LogP contribution in [0, 0.1) is 13.8 Å². The van der Waals surface area contributed by atoms with Gasteiger partial charge in [0.15, 0.2) is 5.65 Å². The van der Waals surface area contributed by atoms with Gasteiger partial charge in [-0.1, -0.05) is 0 Å². The maximum absolute atomic E-state index is 4.48. The SMILES string of the molecule is Cc1ncc([C@@H](C)Nc2cnc3c(c2)c(C)nn3C)s1. The molecule has 3 aromatic heterocycles. The fourth-order valence-corrected chi connectivity index (χ4v) is 3.07. The third-order valence-corrected chi connectivity index (χ3v) is 4.41. The van der Waals surface area contributed by atoms with Crippen molar-refractivity contribution in [2.45, 2.75) is 26.8 Å². The predicted molar refractivity (Wildman–Crippen MR) is 82.1 cm³/mol. The molecule has 0 fully saturated rings. The van der Waals surface area contributed by atoms with Crippen LogP contribution in [-0.2, 0) is 7.05 Å². The molecule has 3 rings (SSSR count). The van der Waals surface area contributed by atoms with Crippen LogP contribution in [0.2, 0.25) is 0 Å². The molecule has 0 radical (unpaired) electrons. The van der Waals surface area contributed by atoms with Crippen molar-refractivity contribution in [3.63, 3.8) is 0 Å². The highest BCUT2D eigenvalue weighted by atomic mass is 32.1. The molecule has 0 saturated carbocycles. The largest absolute Gasteiger partial charge is 0.376 e. The van der Waals surface area contributed by atoms with Crippen molar-refractivity contribution >= 4 is 28.1 Å². The van der Waals surface area contributed by atoms with Gasteiger partial charge in [-0.2, -0.15) is 5.10 Å². The summed E-state index contributed by atoms with van der Waals surface area (Å²) in [5.74, 6) is 0. The van der Waals surface area contributed by atoms with E-state index in [9.17, 15) is 0 Å². The maximum Gasteiger partial charge on any atom is 0.157 e. The Kier molecular flexibility index (Phi) is 3.17. The topological polar surface area (TPSA) is 55.6 Å². The van der Waals surface area contributed by atoms with Gasteiger partial charge in [-0.25, -0.2) is 9.97 Å². The number of rotatable bonds is 3. The predicted octanol–water partition coefficient (Wildman–Crippen LogP) is 3.21. The van der Waals surface area contributed by atoms with Crippen LogP contribution in [0.5, 0.6) is 0 Å². The van der Waals surface area contributed by atoms with E-state index in [1.54, 1.807) is 11.3 Å². The standard InChI is InChI=1S/C14H17N5S/c1-8-12-5-11(6-16-14(12)19(4)18-8)17-9(2)13-7-15-10(3)20-13/h5-7,9,17H,1-4H3/t9-/m1/s1. The molecule has 0 unspecified atom stereocenters. The van der Waals surface area contributed by atoms with Crippen LogP contribution in [0.1, 0.15) is 28.5 Å². The van der Waals surface area contributed by atoms with Gasteiger partial charge in [-0.15, -0.1) is 11.3 Å². The molecule has 0 amide bonds. The summed E-state index contributed by atoms with van der Waals surface area (Å²) in [5, 5.41) is 10.0. The number of pyridine rings is 1. The van der Waals surface area contributed by atoms with Crippen LogP contribution in [-0.4, -0.2) is 19.7 Å². The van der Waals surface area contributed by atoms with Crippen LogP contribution >= 0.6 is 11.3 Å². The smallest absolute Gasteiger partial charge is 0.157 e. The Morgan fingerprint density at radius 3 is 2.75 bits per heavy atom. The van der Waals surface area contributed by atoms with E-state index < -0.39 is 0 Å². The average molecular weight is 287 g/mol. The number of nitrogens with one attached hydrogen (secondary N) is 1. The monoisotopic (exact) mass is 287 g/mol. The molecule has 0 aromatic carbocycles. The van der Waals surface area contributed by atoms with Crippen LogP contribution in [0.3, 0.4) is 0 Å². The summed E-state index contributed by atoms with van der Waals surface area (Å²) in [6.45, 7) is 6.16. The highest BCUT2D eigenvalue weighted by Gasteiger charge is 2.11. The molecule has 0 spiro atoms. The lowest BCUT2D eigenvalue weighted by atomic mass is 10.2. The van der Waals surface area contributed by atoms with Crippen LogP contribution < -0.4 is 5.32 Å². The molecule has 3 aromatic rings. The molecule has 104 valence electrons. The molecule has 6 heteroatoms. The van der Waals surface area contributed by atoms with E-state index in [0.29, 0.717) is 0 Å².